The standard InChI is InChI=1S/C15H18N4O3/c16-13(8-12-9-17-10-19-12)15(21)22-7-6-18-14(20)11-4-2-1-3-5-11/h1-5,9-10,13H,6-8,16H2,(H,17,19)(H,18,20)/t13-/m0/s1. The van der Waals surface area contributed by atoms with Crippen LogP contribution in [0.2, 0.25) is 0 Å². The zero-order chi connectivity index (χ0) is 15.8. The molecule has 1 amide bonds. The molecule has 0 saturated heterocycles. The summed E-state index contributed by atoms with van der Waals surface area (Å²) in [5.41, 5.74) is 7.06. The van der Waals surface area contributed by atoms with Crippen LogP contribution < -0.4 is 11.1 Å². The summed E-state index contributed by atoms with van der Waals surface area (Å²) in [5, 5.41) is 2.67. The number of ether oxygens (including phenoxy) is 1. The molecule has 0 aliphatic heterocycles. The van der Waals surface area contributed by atoms with Gasteiger partial charge in [-0.05, 0) is 12.1 Å². The predicted octanol–water partition coefficient (Wildman–Crippen LogP) is 0.253. The molecule has 1 aromatic heterocycles. The Labute approximate surface area is 127 Å². The first-order valence-electron chi connectivity index (χ1n) is 6.89. The molecule has 22 heavy (non-hydrogen) atoms. The number of amides is 1. The number of benzene rings is 1. The Morgan fingerprint density at radius 2 is 2.09 bits per heavy atom. The number of nitrogens with two attached hydrogens (primary N) is 1. The van der Waals surface area contributed by atoms with Gasteiger partial charge in [-0.3, -0.25) is 9.59 Å². The summed E-state index contributed by atoms with van der Waals surface area (Å²) in [6.07, 6.45) is 3.45. The van der Waals surface area contributed by atoms with E-state index in [0.717, 1.165) is 5.69 Å². The van der Waals surface area contributed by atoms with E-state index >= 15 is 0 Å². The third-order valence-corrected chi connectivity index (χ3v) is 2.97. The summed E-state index contributed by atoms with van der Waals surface area (Å²) < 4.78 is 5.03. The Bertz CT molecular complexity index is 599. The first-order valence-corrected chi connectivity index (χ1v) is 6.89. The molecule has 0 aliphatic rings. The maximum absolute atomic E-state index is 11.7. The lowest BCUT2D eigenvalue weighted by Gasteiger charge is -2.11. The Kier molecular flexibility index (Phi) is 5.67. The number of imidazole rings is 1. The van der Waals surface area contributed by atoms with Gasteiger partial charge in [-0.2, -0.15) is 0 Å². The minimum absolute atomic E-state index is 0.0775. The van der Waals surface area contributed by atoms with Crippen molar-refractivity contribution in [2.75, 3.05) is 13.2 Å². The molecule has 0 saturated carbocycles. The predicted molar refractivity (Wildman–Crippen MR) is 80.0 cm³/mol. The van der Waals surface area contributed by atoms with Crippen molar-refractivity contribution >= 4 is 11.9 Å². The quantitative estimate of drug-likeness (QED) is 0.502. The highest BCUT2D eigenvalue weighted by atomic mass is 16.5. The van der Waals surface area contributed by atoms with Crippen molar-refractivity contribution < 1.29 is 14.3 Å². The second-order valence-corrected chi connectivity index (χ2v) is 4.68. The molecular weight excluding hydrogens is 284 g/mol. The Hall–Kier alpha value is -2.67. The van der Waals surface area contributed by atoms with Crippen LogP contribution in [0.4, 0.5) is 0 Å². The fourth-order valence-corrected chi connectivity index (χ4v) is 1.83. The number of hydrogen-bond donors (Lipinski definition) is 3. The van der Waals surface area contributed by atoms with Crippen LogP contribution in [0.1, 0.15) is 16.1 Å². The number of H-pyrrole nitrogens is 1. The number of esters is 1. The van der Waals surface area contributed by atoms with Crippen LogP contribution in [0.3, 0.4) is 0 Å². The lowest BCUT2D eigenvalue weighted by Crippen LogP contribution is -2.36. The summed E-state index contributed by atoms with van der Waals surface area (Å²) >= 11 is 0. The molecule has 2 rings (SSSR count). The molecule has 4 N–H and O–H groups in total. The second-order valence-electron chi connectivity index (χ2n) is 4.68. The zero-order valence-corrected chi connectivity index (χ0v) is 12.0. The number of hydrogen-bond acceptors (Lipinski definition) is 5. The molecule has 0 spiro atoms. The summed E-state index contributed by atoms with van der Waals surface area (Å²) in [6.45, 7) is 0.310. The molecule has 1 heterocycles. The molecule has 116 valence electrons. The molecule has 2 aromatic rings. The van der Waals surface area contributed by atoms with Crippen LogP contribution in [-0.2, 0) is 16.0 Å². The van der Waals surface area contributed by atoms with Gasteiger partial charge in [0.15, 0.2) is 0 Å². The molecule has 7 heteroatoms. The Morgan fingerprint density at radius 3 is 2.77 bits per heavy atom. The summed E-state index contributed by atoms with van der Waals surface area (Å²) in [7, 11) is 0. The normalized spacial score (nSPS) is 11.7. The molecule has 1 aromatic carbocycles. The summed E-state index contributed by atoms with van der Waals surface area (Å²) in [6, 6.07) is 8.06. The minimum atomic E-state index is -0.759. The fourth-order valence-electron chi connectivity index (χ4n) is 1.83. The third-order valence-electron chi connectivity index (χ3n) is 2.97. The van der Waals surface area contributed by atoms with Gasteiger partial charge in [-0.1, -0.05) is 18.2 Å². The van der Waals surface area contributed by atoms with Crippen molar-refractivity contribution in [1.82, 2.24) is 15.3 Å². The maximum Gasteiger partial charge on any atom is 0.323 e. The van der Waals surface area contributed by atoms with Gasteiger partial charge in [0.05, 0.1) is 12.9 Å². The minimum Gasteiger partial charge on any atom is -0.463 e. The van der Waals surface area contributed by atoms with E-state index in [1.807, 2.05) is 6.07 Å². The average molecular weight is 302 g/mol. The van der Waals surface area contributed by atoms with Crippen LogP contribution >= 0.6 is 0 Å². The lowest BCUT2D eigenvalue weighted by atomic mass is 10.2. The smallest absolute Gasteiger partial charge is 0.323 e. The van der Waals surface area contributed by atoms with Crippen LogP contribution in [0.5, 0.6) is 0 Å². The number of rotatable bonds is 7. The maximum atomic E-state index is 11.7. The van der Waals surface area contributed by atoms with Gasteiger partial charge < -0.3 is 20.8 Å². The molecule has 1 atom stereocenters. The lowest BCUT2D eigenvalue weighted by molar-refractivity contribution is -0.145. The molecule has 0 bridgehead atoms. The van der Waals surface area contributed by atoms with Gasteiger partial charge in [0.1, 0.15) is 12.6 Å². The van der Waals surface area contributed by atoms with Gasteiger partial charge in [0.25, 0.3) is 5.91 Å². The largest absolute Gasteiger partial charge is 0.463 e. The van der Waals surface area contributed by atoms with Crippen LogP contribution in [0.25, 0.3) is 0 Å². The van der Waals surface area contributed by atoms with Crippen molar-refractivity contribution in [2.24, 2.45) is 5.73 Å². The van der Waals surface area contributed by atoms with Gasteiger partial charge in [0.2, 0.25) is 0 Å². The Balaban J connectivity index is 1.65. The first kappa shape index (κ1) is 15.7. The zero-order valence-electron chi connectivity index (χ0n) is 12.0. The van der Waals surface area contributed by atoms with E-state index in [-0.39, 0.29) is 19.1 Å². The van der Waals surface area contributed by atoms with Crippen molar-refractivity contribution in [3.8, 4) is 0 Å². The second kappa shape index (κ2) is 7.94. The number of nitrogens with one attached hydrogen (secondary N) is 2. The first-order chi connectivity index (χ1) is 10.7. The van der Waals surface area contributed by atoms with Crippen molar-refractivity contribution in [3.05, 3.63) is 54.1 Å². The SMILES string of the molecule is N[C@@H](Cc1cnc[nH]1)C(=O)OCCNC(=O)c1ccccc1. The number of carbonyl (C=O) groups is 2. The van der Waals surface area contributed by atoms with Crippen LogP contribution in [-0.4, -0.2) is 41.0 Å². The van der Waals surface area contributed by atoms with Crippen molar-refractivity contribution in [3.63, 3.8) is 0 Å². The van der Waals surface area contributed by atoms with Crippen LogP contribution in [0, 0.1) is 0 Å². The monoisotopic (exact) mass is 302 g/mol. The fraction of sp³-hybridized carbons (Fsp3) is 0.267. The highest BCUT2D eigenvalue weighted by Gasteiger charge is 2.16. The highest BCUT2D eigenvalue weighted by Crippen LogP contribution is 1.99. The number of aromatic nitrogens is 2. The molecule has 0 aliphatic carbocycles. The third kappa shape index (κ3) is 4.71. The summed E-state index contributed by atoms with van der Waals surface area (Å²) in [5.74, 6) is -0.720. The molecular formula is C15H18N4O3. The van der Waals surface area contributed by atoms with E-state index in [1.54, 1.807) is 30.5 Å². The molecule has 0 unspecified atom stereocenters. The highest BCUT2D eigenvalue weighted by molar-refractivity contribution is 5.94. The van der Waals surface area contributed by atoms with Crippen LogP contribution in [0.15, 0.2) is 42.9 Å². The number of nitrogens with zero attached hydrogens (tertiary/aromatic N) is 1. The van der Waals surface area contributed by atoms with E-state index in [2.05, 4.69) is 15.3 Å². The van der Waals surface area contributed by atoms with E-state index < -0.39 is 12.0 Å². The average Bonchev–Trinajstić information content (AvgIpc) is 3.04. The van der Waals surface area contributed by atoms with Gasteiger partial charge in [-0.25, -0.2) is 4.98 Å². The van der Waals surface area contributed by atoms with Gasteiger partial charge in [-0.15, -0.1) is 0 Å². The van der Waals surface area contributed by atoms with E-state index in [0.29, 0.717) is 12.0 Å². The van der Waals surface area contributed by atoms with Crippen molar-refractivity contribution in [2.45, 2.75) is 12.5 Å². The Morgan fingerprint density at radius 1 is 1.32 bits per heavy atom. The number of aromatic amines is 1. The number of carbonyl (C=O) groups excluding carboxylic acids is 2. The summed E-state index contributed by atoms with van der Waals surface area (Å²) in [4.78, 5) is 30.2. The topological polar surface area (TPSA) is 110 Å². The van der Waals surface area contributed by atoms with E-state index in [9.17, 15) is 9.59 Å². The molecule has 0 fully saturated rings. The van der Waals surface area contributed by atoms with Crippen molar-refractivity contribution in [1.29, 1.82) is 0 Å². The van der Waals surface area contributed by atoms with E-state index in [1.165, 1.54) is 6.33 Å². The molecule has 0 radical (unpaired) electrons. The van der Waals surface area contributed by atoms with E-state index in [4.69, 9.17) is 10.5 Å². The molecule has 7 nitrogen and oxygen atoms in total. The van der Waals surface area contributed by atoms with Gasteiger partial charge in [0, 0.05) is 23.9 Å². The van der Waals surface area contributed by atoms with Gasteiger partial charge >= 0.3 is 5.97 Å².